The quantitative estimate of drug-likeness (QED) is 0.911. The summed E-state index contributed by atoms with van der Waals surface area (Å²) in [6.45, 7) is 1.84. The minimum atomic E-state index is 0.432. The second kappa shape index (κ2) is 5.75. The Balaban J connectivity index is 1.61. The Bertz CT molecular complexity index is 549. The Hall–Kier alpha value is -1.33. The van der Waals surface area contributed by atoms with E-state index in [9.17, 15) is 0 Å². The monoisotopic (exact) mass is 278 g/mol. The molecule has 1 atom stereocenters. The van der Waals surface area contributed by atoms with E-state index in [-0.39, 0.29) is 0 Å². The van der Waals surface area contributed by atoms with Crippen LogP contribution in [-0.2, 0) is 4.74 Å². The second-order valence-electron chi connectivity index (χ2n) is 4.70. The van der Waals surface area contributed by atoms with Crippen LogP contribution in [0.1, 0.15) is 19.3 Å². The number of fused-ring (bicyclic) bond motifs is 1. The van der Waals surface area contributed by atoms with E-state index in [1.54, 1.807) is 18.4 Å². The van der Waals surface area contributed by atoms with E-state index < -0.39 is 0 Å². The van der Waals surface area contributed by atoms with Crippen LogP contribution in [0.2, 0.25) is 0 Å². The maximum absolute atomic E-state index is 5.61. The van der Waals surface area contributed by atoms with Crippen LogP contribution in [0.15, 0.2) is 18.2 Å². The van der Waals surface area contributed by atoms with Gasteiger partial charge in [-0.1, -0.05) is 11.3 Å². The lowest BCUT2D eigenvalue weighted by molar-refractivity contribution is 0.107. The molecule has 1 unspecified atom stereocenters. The molecule has 2 heterocycles. The van der Waals surface area contributed by atoms with Crippen LogP contribution >= 0.6 is 11.3 Å². The highest BCUT2D eigenvalue weighted by atomic mass is 32.1. The minimum Gasteiger partial charge on any atom is -0.497 e. The molecular weight excluding hydrogens is 260 g/mol. The van der Waals surface area contributed by atoms with Crippen LogP contribution in [0, 0.1) is 0 Å². The van der Waals surface area contributed by atoms with Gasteiger partial charge in [-0.05, 0) is 37.5 Å². The summed E-state index contributed by atoms with van der Waals surface area (Å²) in [6, 6.07) is 5.96. The predicted octanol–water partition coefficient (Wildman–Crippen LogP) is 3.29. The molecule has 1 saturated heterocycles. The molecular formula is C14H18N2O2S. The Labute approximate surface area is 116 Å². The standard InChI is InChI=1S/C14H18N2O2S/c1-17-11-4-5-12-13(9-11)19-14(16-12)15-7-6-10-3-2-8-18-10/h4-5,9-10H,2-3,6-8H2,1H3,(H,15,16). The molecule has 0 bridgehead atoms. The topological polar surface area (TPSA) is 43.4 Å². The first-order chi connectivity index (χ1) is 9.35. The number of benzene rings is 1. The van der Waals surface area contributed by atoms with E-state index >= 15 is 0 Å². The first-order valence-corrected chi connectivity index (χ1v) is 7.47. The minimum absolute atomic E-state index is 0.432. The number of nitrogens with zero attached hydrogens (tertiary/aromatic N) is 1. The van der Waals surface area contributed by atoms with Crippen LogP contribution in [0.5, 0.6) is 5.75 Å². The third-order valence-corrected chi connectivity index (χ3v) is 4.34. The molecule has 0 aliphatic carbocycles. The van der Waals surface area contributed by atoms with Gasteiger partial charge in [0.1, 0.15) is 5.75 Å². The highest BCUT2D eigenvalue weighted by Crippen LogP contribution is 2.29. The molecule has 1 aliphatic rings. The largest absolute Gasteiger partial charge is 0.497 e. The molecule has 0 amide bonds. The third-order valence-electron chi connectivity index (χ3n) is 3.36. The van der Waals surface area contributed by atoms with Gasteiger partial charge in [-0.25, -0.2) is 4.98 Å². The molecule has 1 aromatic heterocycles. The molecule has 1 fully saturated rings. The van der Waals surface area contributed by atoms with Crippen LogP contribution in [0.25, 0.3) is 10.2 Å². The molecule has 1 aliphatic heterocycles. The number of methoxy groups -OCH3 is 1. The maximum atomic E-state index is 5.61. The van der Waals surface area contributed by atoms with Gasteiger partial charge in [-0.3, -0.25) is 0 Å². The zero-order chi connectivity index (χ0) is 13.1. The van der Waals surface area contributed by atoms with Gasteiger partial charge >= 0.3 is 0 Å². The van der Waals surface area contributed by atoms with Crippen molar-refractivity contribution in [2.24, 2.45) is 0 Å². The van der Waals surface area contributed by atoms with Gasteiger partial charge in [0.25, 0.3) is 0 Å². The fourth-order valence-corrected chi connectivity index (χ4v) is 3.24. The lowest BCUT2D eigenvalue weighted by Crippen LogP contribution is -2.12. The van der Waals surface area contributed by atoms with E-state index in [1.807, 2.05) is 18.2 Å². The van der Waals surface area contributed by atoms with Crippen molar-refractivity contribution in [3.8, 4) is 5.75 Å². The Morgan fingerprint density at radius 2 is 2.47 bits per heavy atom. The van der Waals surface area contributed by atoms with Crippen molar-refractivity contribution in [1.29, 1.82) is 0 Å². The number of hydrogen-bond donors (Lipinski definition) is 1. The molecule has 5 heteroatoms. The summed E-state index contributed by atoms with van der Waals surface area (Å²) in [5, 5.41) is 4.36. The summed E-state index contributed by atoms with van der Waals surface area (Å²) in [7, 11) is 1.68. The molecule has 1 N–H and O–H groups in total. The van der Waals surface area contributed by atoms with E-state index in [1.165, 1.54) is 12.8 Å². The highest BCUT2D eigenvalue weighted by Gasteiger charge is 2.14. The predicted molar refractivity (Wildman–Crippen MR) is 78.3 cm³/mol. The van der Waals surface area contributed by atoms with Crippen molar-refractivity contribution >= 4 is 26.7 Å². The Morgan fingerprint density at radius 1 is 1.53 bits per heavy atom. The number of thiazole rings is 1. The summed E-state index contributed by atoms with van der Waals surface area (Å²) >= 11 is 1.67. The van der Waals surface area contributed by atoms with E-state index in [2.05, 4.69) is 10.3 Å². The fraction of sp³-hybridized carbons (Fsp3) is 0.500. The number of ether oxygens (including phenoxy) is 2. The molecule has 4 nitrogen and oxygen atoms in total. The average molecular weight is 278 g/mol. The Kier molecular flexibility index (Phi) is 3.84. The second-order valence-corrected chi connectivity index (χ2v) is 5.73. The number of rotatable bonds is 5. The maximum Gasteiger partial charge on any atom is 0.183 e. The highest BCUT2D eigenvalue weighted by molar-refractivity contribution is 7.22. The summed E-state index contributed by atoms with van der Waals surface area (Å²) in [4.78, 5) is 4.56. The van der Waals surface area contributed by atoms with Crippen LogP contribution < -0.4 is 10.1 Å². The number of aromatic nitrogens is 1. The summed E-state index contributed by atoms with van der Waals surface area (Å²) in [5.74, 6) is 0.877. The molecule has 0 spiro atoms. The number of anilines is 1. The molecule has 2 aromatic rings. The van der Waals surface area contributed by atoms with Crippen LogP contribution in [0.4, 0.5) is 5.13 Å². The van der Waals surface area contributed by atoms with Gasteiger partial charge in [0, 0.05) is 13.2 Å². The van der Waals surface area contributed by atoms with Crippen molar-refractivity contribution < 1.29 is 9.47 Å². The fourth-order valence-electron chi connectivity index (χ4n) is 2.32. The van der Waals surface area contributed by atoms with Gasteiger partial charge < -0.3 is 14.8 Å². The van der Waals surface area contributed by atoms with Crippen LogP contribution in [0.3, 0.4) is 0 Å². The lowest BCUT2D eigenvalue weighted by atomic mass is 10.2. The van der Waals surface area contributed by atoms with E-state index in [0.29, 0.717) is 6.10 Å². The molecule has 1 aromatic carbocycles. The molecule has 0 radical (unpaired) electrons. The first kappa shape index (κ1) is 12.7. The zero-order valence-corrected chi connectivity index (χ0v) is 11.8. The average Bonchev–Trinajstić information content (AvgIpc) is 3.06. The van der Waals surface area contributed by atoms with Gasteiger partial charge in [0.15, 0.2) is 5.13 Å². The van der Waals surface area contributed by atoms with Crippen molar-refractivity contribution in [1.82, 2.24) is 4.98 Å². The van der Waals surface area contributed by atoms with Gasteiger partial charge in [0.05, 0.1) is 23.4 Å². The third kappa shape index (κ3) is 2.98. The van der Waals surface area contributed by atoms with E-state index in [0.717, 1.165) is 40.7 Å². The van der Waals surface area contributed by atoms with Crippen molar-refractivity contribution in [3.05, 3.63) is 18.2 Å². The molecule has 19 heavy (non-hydrogen) atoms. The zero-order valence-electron chi connectivity index (χ0n) is 11.0. The number of nitrogens with one attached hydrogen (secondary N) is 1. The van der Waals surface area contributed by atoms with Gasteiger partial charge in [-0.15, -0.1) is 0 Å². The Morgan fingerprint density at radius 3 is 3.26 bits per heavy atom. The van der Waals surface area contributed by atoms with Gasteiger partial charge in [-0.2, -0.15) is 0 Å². The van der Waals surface area contributed by atoms with Crippen molar-refractivity contribution in [3.63, 3.8) is 0 Å². The van der Waals surface area contributed by atoms with E-state index in [4.69, 9.17) is 9.47 Å². The molecule has 102 valence electrons. The summed E-state index contributed by atoms with van der Waals surface area (Å²) < 4.78 is 12.0. The smallest absolute Gasteiger partial charge is 0.183 e. The molecule has 0 saturated carbocycles. The van der Waals surface area contributed by atoms with Crippen molar-refractivity contribution in [2.45, 2.75) is 25.4 Å². The van der Waals surface area contributed by atoms with Gasteiger partial charge in [0.2, 0.25) is 0 Å². The van der Waals surface area contributed by atoms with Crippen molar-refractivity contribution in [2.75, 3.05) is 25.6 Å². The summed E-state index contributed by atoms with van der Waals surface area (Å²) in [5.41, 5.74) is 1.02. The first-order valence-electron chi connectivity index (χ1n) is 6.65. The molecule has 3 rings (SSSR count). The number of hydrogen-bond acceptors (Lipinski definition) is 5. The lowest BCUT2D eigenvalue weighted by Gasteiger charge is -2.08. The van der Waals surface area contributed by atoms with Crippen LogP contribution in [-0.4, -0.2) is 31.3 Å². The SMILES string of the molecule is COc1ccc2nc(NCCC3CCCO3)sc2c1. The summed E-state index contributed by atoms with van der Waals surface area (Å²) in [6.07, 6.45) is 3.88. The normalized spacial score (nSPS) is 18.9.